The minimum absolute atomic E-state index is 1.09. The van der Waals surface area contributed by atoms with Crippen molar-refractivity contribution in [3.63, 3.8) is 0 Å². The maximum absolute atomic E-state index is 3.57. The van der Waals surface area contributed by atoms with Gasteiger partial charge in [0.2, 0.25) is 0 Å². The van der Waals surface area contributed by atoms with E-state index in [1.54, 1.807) is 0 Å². The second kappa shape index (κ2) is 4.11. The Bertz CT molecular complexity index is 95.6. The van der Waals surface area contributed by atoms with E-state index in [1.165, 1.54) is 6.04 Å². The topological polar surface area (TPSA) is 15.3 Å². The Labute approximate surface area is 65.8 Å². The molecule has 1 unspecified atom stereocenters. The van der Waals surface area contributed by atoms with Crippen LogP contribution in [0, 0.1) is 0 Å². The van der Waals surface area contributed by atoms with Crippen LogP contribution in [0.4, 0.5) is 0 Å². The summed E-state index contributed by atoms with van der Waals surface area (Å²) in [5, 5.41) is 0. The van der Waals surface area contributed by atoms with E-state index in [-0.39, 0.29) is 0 Å². The van der Waals surface area contributed by atoms with Crippen LogP contribution < -0.4 is 4.98 Å². The molecule has 0 aliphatic carbocycles. The van der Waals surface area contributed by atoms with Crippen molar-refractivity contribution in [2.24, 2.45) is 0 Å². The van der Waals surface area contributed by atoms with Gasteiger partial charge in [-0.15, -0.1) is 0 Å². The lowest BCUT2D eigenvalue weighted by Gasteiger charge is -2.33. The number of nitrogens with zero attached hydrogens (tertiary/aromatic N) is 1. The van der Waals surface area contributed by atoms with E-state index in [0.717, 1.165) is 6.54 Å². The highest BCUT2D eigenvalue weighted by molar-refractivity contribution is 6.73. The number of hydrogen-bond donors (Lipinski definition) is 1. The molecule has 1 N–H and O–H groups in total. The van der Waals surface area contributed by atoms with Crippen LogP contribution in [0.15, 0.2) is 0 Å². The normalized spacial score (nSPS) is 17.4. The Morgan fingerprint density at radius 1 is 1.30 bits per heavy atom. The summed E-state index contributed by atoms with van der Waals surface area (Å²) in [6, 6.07) is 1.27. The molecule has 0 amide bonds. The van der Waals surface area contributed by atoms with Crippen molar-refractivity contribution < 1.29 is 0 Å². The predicted molar refractivity (Wildman–Crippen MR) is 49.5 cm³/mol. The van der Waals surface area contributed by atoms with Crippen LogP contribution >= 0.6 is 0 Å². The Hall–Kier alpha value is 0.137. The third-order valence-electron chi connectivity index (χ3n) is 2.23. The molecule has 10 heavy (non-hydrogen) atoms. The fourth-order valence-electron chi connectivity index (χ4n) is 0.980. The van der Waals surface area contributed by atoms with Gasteiger partial charge in [-0.25, -0.2) is 0 Å². The molecule has 0 aliphatic heterocycles. The summed E-state index contributed by atoms with van der Waals surface area (Å²) in [7, 11) is 3.11. The molecule has 0 rings (SSSR count). The van der Waals surface area contributed by atoms with E-state index in [2.05, 4.69) is 44.0 Å². The lowest BCUT2D eigenvalue weighted by molar-refractivity contribution is 0.588. The molecule has 0 bridgehead atoms. The fourth-order valence-corrected chi connectivity index (χ4v) is 2.94. The largest absolute Gasteiger partial charge is 0.326 e. The second-order valence-electron chi connectivity index (χ2n) is 3.05. The third-order valence-corrected chi connectivity index (χ3v) is 6.70. The summed E-state index contributed by atoms with van der Waals surface area (Å²) in [5.74, 6) is 0. The highest BCUT2D eigenvalue weighted by Crippen LogP contribution is 2.06. The van der Waals surface area contributed by atoms with Crippen LogP contribution in [0.3, 0.4) is 0 Å². The Balaban J connectivity index is 3.94. The lowest BCUT2D eigenvalue weighted by Crippen LogP contribution is -2.58. The third kappa shape index (κ3) is 2.40. The molecule has 0 aliphatic rings. The average Bonchev–Trinajstić information content (AvgIpc) is 1.88. The van der Waals surface area contributed by atoms with Crippen LogP contribution in [0.2, 0.25) is 12.6 Å². The van der Waals surface area contributed by atoms with Gasteiger partial charge in [-0.2, -0.15) is 0 Å². The van der Waals surface area contributed by atoms with E-state index >= 15 is 0 Å². The SMILES string of the molecule is CCN[Si](C)(CC)N(C)C. The molecule has 0 spiro atoms. The molecule has 0 saturated carbocycles. The molecule has 3 heteroatoms. The molecule has 1 atom stereocenters. The van der Waals surface area contributed by atoms with Gasteiger partial charge >= 0.3 is 0 Å². The highest BCUT2D eigenvalue weighted by Gasteiger charge is 2.26. The zero-order valence-electron chi connectivity index (χ0n) is 7.86. The summed E-state index contributed by atoms with van der Waals surface area (Å²) >= 11 is 0. The molecule has 62 valence electrons. The lowest BCUT2D eigenvalue weighted by atomic mass is 10.8. The van der Waals surface area contributed by atoms with Gasteiger partial charge in [0, 0.05) is 0 Å². The van der Waals surface area contributed by atoms with E-state index in [1.807, 2.05) is 0 Å². The van der Waals surface area contributed by atoms with Crippen molar-refractivity contribution in [3.05, 3.63) is 0 Å². The van der Waals surface area contributed by atoms with Gasteiger partial charge in [0.25, 0.3) is 0 Å². The molecule has 2 nitrogen and oxygen atoms in total. The van der Waals surface area contributed by atoms with E-state index in [0.29, 0.717) is 0 Å². The maximum atomic E-state index is 3.57. The molecular weight excluding hydrogens is 140 g/mol. The van der Waals surface area contributed by atoms with Crippen molar-refractivity contribution in [1.29, 1.82) is 0 Å². The van der Waals surface area contributed by atoms with Crippen LogP contribution in [-0.4, -0.2) is 33.6 Å². The van der Waals surface area contributed by atoms with Crippen LogP contribution in [0.1, 0.15) is 13.8 Å². The zero-order valence-corrected chi connectivity index (χ0v) is 8.86. The van der Waals surface area contributed by atoms with Crippen molar-refractivity contribution in [3.8, 4) is 0 Å². The van der Waals surface area contributed by atoms with Crippen molar-refractivity contribution in [2.75, 3.05) is 20.6 Å². The summed E-state index contributed by atoms with van der Waals surface area (Å²) < 4.78 is 2.36. The quantitative estimate of drug-likeness (QED) is 0.623. The Kier molecular flexibility index (Phi) is 4.16. The van der Waals surface area contributed by atoms with Gasteiger partial charge < -0.3 is 9.55 Å². The van der Waals surface area contributed by atoms with Gasteiger partial charge in [0.15, 0.2) is 8.40 Å². The first-order valence-corrected chi connectivity index (χ1v) is 6.64. The fraction of sp³-hybridized carbons (Fsp3) is 1.00. The van der Waals surface area contributed by atoms with E-state index in [4.69, 9.17) is 0 Å². The molecule has 0 aromatic rings. The number of rotatable bonds is 4. The van der Waals surface area contributed by atoms with Gasteiger partial charge in [-0.05, 0) is 33.2 Å². The van der Waals surface area contributed by atoms with Gasteiger partial charge in [-0.3, -0.25) is 0 Å². The summed E-state index contributed by atoms with van der Waals surface area (Å²) in [6.07, 6.45) is 0. The minimum Gasteiger partial charge on any atom is -0.326 e. The maximum Gasteiger partial charge on any atom is 0.200 e. The molecule has 0 fully saturated rings. The molecular formula is C7H20N2Si. The van der Waals surface area contributed by atoms with E-state index in [9.17, 15) is 0 Å². The van der Waals surface area contributed by atoms with Gasteiger partial charge in [0.1, 0.15) is 0 Å². The predicted octanol–water partition coefficient (Wildman–Crippen LogP) is 1.25. The first-order chi connectivity index (χ1) is 4.56. The minimum atomic E-state index is -1.22. The second-order valence-corrected chi connectivity index (χ2v) is 7.55. The summed E-state index contributed by atoms with van der Waals surface area (Å²) in [6.45, 7) is 7.88. The van der Waals surface area contributed by atoms with Gasteiger partial charge in [0.05, 0.1) is 0 Å². The molecule has 0 saturated heterocycles. The van der Waals surface area contributed by atoms with Crippen LogP contribution in [0.5, 0.6) is 0 Å². The standard InChI is InChI=1S/C7H20N2Si/c1-6-8-10(5,7-2)9(3)4/h8H,6-7H2,1-5H3. The van der Waals surface area contributed by atoms with Gasteiger partial charge in [-0.1, -0.05) is 13.8 Å². The molecule has 0 radical (unpaired) electrons. The zero-order chi connectivity index (χ0) is 8.20. The van der Waals surface area contributed by atoms with Crippen molar-refractivity contribution >= 4 is 8.40 Å². The summed E-state index contributed by atoms with van der Waals surface area (Å²) in [5.41, 5.74) is 0. The summed E-state index contributed by atoms with van der Waals surface area (Å²) in [4.78, 5) is 3.57. The molecule has 0 aromatic carbocycles. The van der Waals surface area contributed by atoms with E-state index < -0.39 is 8.40 Å². The molecule has 0 heterocycles. The monoisotopic (exact) mass is 160 g/mol. The first-order valence-electron chi connectivity index (χ1n) is 3.99. The van der Waals surface area contributed by atoms with Crippen molar-refractivity contribution in [1.82, 2.24) is 9.55 Å². The first kappa shape index (κ1) is 10.1. The Morgan fingerprint density at radius 2 is 1.80 bits per heavy atom. The highest BCUT2D eigenvalue weighted by atomic mass is 28.3. The molecule has 0 aromatic heterocycles. The van der Waals surface area contributed by atoms with Crippen LogP contribution in [0.25, 0.3) is 0 Å². The average molecular weight is 160 g/mol. The van der Waals surface area contributed by atoms with Crippen molar-refractivity contribution in [2.45, 2.75) is 26.4 Å². The number of nitrogens with one attached hydrogen (secondary N) is 1. The van der Waals surface area contributed by atoms with Crippen LogP contribution in [-0.2, 0) is 0 Å². The number of hydrogen-bond acceptors (Lipinski definition) is 2. The smallest absolute Gasteiger partial charge is 0.200 e. The Morgan fingerprint density at radius 3 is 1.90 bits per heavy atom.